The molecule has 0 saturated carbocycles. The third kappa shape index (κ3) is 2.58. The fourth-order valence-corrected chi connectivity index (χ4v) is 2.51. The molecule has 5 nitrogen and oxygen atoms in total. The molecule has 0 fully saturated rings. The van der Waals surface area contributed by atoms with E-state index in [0.29, 0.717) is 5.82 Å². The Balaban J connectivity index is 1.82. The lowest BCUT2D eigenvalue weighted by Gasteiger charge is -2.25. The average molecular weight is 289 g/mol. The highest BCUT2D eigenvalue weighted by Gasteiger charge is 2.26. The Hall–Kier alpha value is -2.14. The molecule has 6 heteroatoms. The molecular formula is C14H13ClN4O. The standard InChI is InChI=1S/C14H13ClN4O/c15-14-17-8-6-12(19-14)18-13(20)10-5-7-16-11-4-2-1-3-9(10)11/h1-4,6,8,10,16H,5,7H2,(H,17,18,19,20). The molecule has 1 atom stereocenters. The summed E-state index contributed by atoms with van der Waals surface area (Å²) in [6.07, 6.45) is 2.27. The number of halogens is 1. The van der Waals surface area contributed by atoms with Crippen LogP contribution in [0.4, 0.5) is 11.5 Å². The van der Waals surface area contributed by atoms with Gasteiger partial charge in [-0.25, -0.2) is 9.97 Å². The minimum Gasteiger partial charge on any atom is -0.385 e. The molecule has 0 saturated heterocycles. The number of hydrogen-bond donors (Lipinski definition) is 2. The molecule has 3 rings (SSSR count). The van der Waals surface area contributed by atoms with Crippen LogP contribution in [0, 0.1) is 0 Å². The number of anilines is 2. The fourth-order valence-electron chi connectivity index (χ4n) is 2.36. The summed E-state index contributed by atoms with van der Waals surface area (Å²) >= 11 is 5.71. The van der Waals surface area contributed by atoms with Gasteiger partial charge in [0, 0.05) is 18.4 Å². The fraction of sp³-hybridized carbons (Fsp3) is 0.214. The molecule has 20 heavy (non-hydrogen) atoms. The van der Waals surface area contributed by atoms with Crippen molar-refractivity contribution in [2.75, 3.05) is 17.2 Å². The van der Waals surface area contributed by atoms with E-state index in [2.05, 4.69) is 20.6 Å². The number of carbonyl (C=O) groups is 1. The molecule has 2 N–H and O–H groups in total. The van der Waals surface area contributed by atoms with Gasteiger partial charge in [-0.1, -0.05) is 18.2 Å². The van der Waals surface area contributed by atoms with Crippen molar-refractivity contribution in [1.82, 2.24) is 9.97 Å². The maximum atomic E-state index is 12.4. The van der Waals surface area contributed by atoms with Gasteiger partial charge in [-0.05, 0) is 35.7 Å². The normalized spacial score (nSPS) is 16.9. The number of fused-ring (bicyclic) bond motifs is 1. The van der Waals surface area contributed by atoms with E-state index in [-0.39, 0.29) is 17.1 Å². The third-order valence-corrected chi connectivity index (χ3v) is 3.46. The van der Waals surface area contributed by atoms with Crippen molar-refractivity contribution >= 4 is 29.0 Å². The number of hydrogen-bond acceptors (Lipinski definition) is 4. The van der Waals surface area contributed by atoms with Gasteiger partial charge in [0.2, 0.25) is 11.2 Å². The maximum absolute atomic E-state index is 12.4. The van der Waals surface area contributed by atoms with Crippen molar-refractivity contribution in [2.45, 2.75) is 12.3 Å². The molecule has 1 aromatic carbocycles. The Morgan fingerprint density at radius 3 is 3.05 bits per heavy atom. The Bertz CT molecular complexity index is 647. The summed E-state index contributed by atoms with van der Waals surface area (Å²) < 4.78 is 0. The molecular weight excluding hydrogens is 276 g/mol. The number of nitrogens with zero attached hydrogens (tertiary/aromatic N) is 2. The van der Waals surface area contributed by atoms with Crippen LogP contribution in [0.5, 0.6) is 0 Å². The first-order valence-corrected chi connectivity index (χ1v) is 6.74. The number of amides is 1. The number of nitrogens with one attached hydrogen (secondary N) is 2. The molecule has 102 valence electrons. The molecule has 1 unspecified atom stereocenters. The zero-order valence-corrected chi connectivity index (χ0v) is 11.4. The van der Waals surface area contributed by atoms with E-state index in [9.17, 15) is 4.79 Å². The van der Waals surface area contributed by atoms with Crippen LogP contribution in [0.1, 0.15) is 17.9 Å². The van der Waals surface area contributed by atoms with Gasteiger partial charge in [0.1, 0.15) is 5.82 Å². The highest BCUT2D eigenvalue weighted by atomic mass is 35.5. The van der Waals surface area contributed by atoms with E-state index < -0.39 is 0 Å². The largest absolute Gasteiger partial charge is 0.385 e. The van der Waals surface area contributed by atoms with E-state index in [4.69, 9.17) is 11.6 Å². The van der Waals surface area contributed by atoms with Crippen molar-refractivity contribution in [1.29, 1.82) is 0 Å². The van der Waals surface area contributed by atoms with Gasteiger partial charge in [0.05, 0.1) is 5.92 Å². The van der Waals surface area contributed by atoms with Gasteiger partial charge in [-0.3, -0.25) is 4.79 Å². The number of rotatable bonds is 2. The van der Waals surface area contributed by atoms with Crippen molar-refractivity contribution in [2.24, 2.45) is 0 Å². The van der Waals surface area contributed by atoms with Gasteiger partial charge in [-0.2, -0.15) is 0 Å². The van der Waals surface area contributed by atoms with E-state index in [1.807, 2.05) is 24.3 Å². The topological polar surface area (TPSA) is 66.9 Å². The van der Waals surface area contributed by atoms with E-state index in [1.54, 1.807) is 6.07 Å². The number of para-hydroxylation sites is 1. The minimum atomic E-state index is -0.179. The molecule has 0 radical (unpaired) electrons. The monoisotopic (exact) mass is 288 g/mol. The smallest absolute Gasteiger partial charge is 0.233 e. The molecule has 2 heterocycles. The van der Waals surface area contributed by atoms with E-state index in [0.717, 1.165) is 24.2 Å². The minimum absolute atomic E-state index is 0.0753. The Morgan fingerprint density at radius 2 is 2.20 bits per heavy atom. The first-order valence-electron chi connectivity index (χ1n) is 6.36. The van der Waals surface area contributed by atoms with Crippen LogP contribution >= 0.6 is 11.6 Å². The number of aromatic nitrogens is 2. The van der Waals surface area contributed by atoms with Gasteiger partial charge >= 0.3 is 0 Å². The summed E-state index contributed by atoms with van der Waals surface area (Å²) in [7, 11) is 0. The van der Waals surface area contributed by atoms with E-state index >= 15 is 0 Å². The molecule has 1 amide bonds. The molecule has 0 aliphatic carbocycles. The van der Waals surface area contributed by atoms with Crippen molar-refractivity contribution < 1.29 is 4.79 Å². The summed E-state index contributed by atoms with van der Waals surface area (Å²) in [6, 6.07) is 9.47. The van der Waals surface area contributed by atoms with Crippen molar-refractivity contribution in [3.8, 4) is 0 Å². The second kappa shape index (κ2) is 5.46. The van der Waals surface area contributed by atoms with Gasteiger partial charge in [0.15, 0.2) is 0 Å². The molecule has 0 spiro atoms. The second-order valence-corrected chi connectivity index (χ2v) is 4.89. The van der Waals surface area contributed by atoms with Gasteiger partial charge in [0.25, 0.3) is 0 Å². The summed E-state index contributed by atoms with van der Waals surface area (Å²) in [4.78, 5) is 20.2. The lowest BCUT2D eigenvalue weighted by Crippen LogP contribution is -2.27. The van der Waals surface area contributed by atoms with Crippen molar-refractivity contribution in [3.63, 3.8) is 0 Å². The van der Waals surface area contributed by atoms with Crippen LogP contribution < -0.4 is 10.6 Å². The number of carbonyl (C=O) groups excluding carboxylic acids is 1. The highest BCUT2D eigenvalue weighted by molar-refractivity contribution is 6.28. The SMILES string of the molecule is O=C(Nc1ccnc(Cl)n1)C1CCNc2ccccc21. The zero-order valence-electron chi connectivity index (χ0n) is 10.6. The van der Waals surface area contributed by atoms with Crippen LogP contribution in [0.25, 0.3) is 0 Å². The van der Waals surface area contributed by atoms with Crippen LogP contribution in [0.15, 0.2) is 36.5 Å². The summed E-state index contributed by atoms with van der Waals surface area (Å²) in [5.41, 5.74) is 2.02. The van der Waals surface area contributed by atoms with Crippen LogP contribution in [-0.2, 0) is 4.79 Å². The first-order chi connectivity index (χ1) is 9.74. The Labute approximate surface area is 121 Å². The van der Waals surface area contributed by atoms with Crippen LogP contribution in [0.3, 0.4) is 0 Å². The first kappa shape index (κ1) is 12.9. The predicted octanol–water partition coefficient (Wildman–Crippen LogP) is 2.67. The van der Waals surface area contributed by atoms with Crippen LogP contribution in [-0.4, -0.2) is 22.4 Å². The molecule has 0 bridgehead atoms. The van der Waals surface area contributed by atoms with Crippen molar-refractivity contribution in [3.05, 3.63) is 47.4 Å². The third-order valence-electron chi connectivity index (χ3n) is 3.28. The summed E-state index contributed by atoms with van der Waals surface area (Å²) in [5.74, 6) is 0.168. The predicted molar refractivity (Wildman–Crippen MR) is 78.0 cm³/mol. The van der Waals surface area contributed by atoms with Gasteiger partial charge in [-0.15, -0.1) is 0 Å². The lowest BCUT2D eigenvalue weighted by molar-refractivity contribution is -0.117. The molecule has 1 aliphatic heterocycles. The van der Waals surface area contributed by atoms with E-state index in [1.165, 1.54) is 6.20 Å². The second-order valence-electron chi connectivity index (χ2n) is 4.56. The number of benzene rings is 1. The lowest BCUT2D eigenvalue weighted by atomic mass is 9.90. The highest BCUT2D eigenvalue weighted by Crippen LogP contribution is 2.32. The molecule has 1 aliphatic rings. The maximum Gasteiger partial charge on any atom is 0.233 e. The summed E-state index contributed by atoms with van der Waals surface area (Å²) in [5, 5.41) is 6.20. The molecule has 2 aromatic rings. The van der Waals surface area contributed by atoms with Gasteiger partial charge < -0.3 is 10.6 Å². The zero-order chi connectivity index (χ0) is 13.9. The van der Waals surface area contributed by atoms with Crippen LogP contribution in [0.2, 0.25) is 5.28 Å². The summed E-state index contributed by atoms with van der Waals surface area (Å²) in [6.45, 7) is 0.777. The average Bonchev–Trinajstić information content (AvgIpc) is 2.46. The quantitative estimate of drug-likeness (QED) is 0.834. The Morgan fingerprint density at radius 1 is 1.35 bits per heavy atom. The molecule has 1 aromatic heterocycles. The Kier molecular flexibility index (Phi) is 3.52.